The molecule has 214 valence electrons. The lowest BCUT2D eigenvalue weighted by molar-refractivity contribution is 0.0697. The molecule has 0 bridgehead atoms. The Bertz CT molecular complexity index is 1930. The van der Waals surface area contributed by atoms with E-state index in [1.165, 1.54) is 0 Å². The van der Waals surface area contributed by atoms with Crippen molar-refractivity contribution in [1.82, 2.24) is 0 Å². The molecule has 0 heterocycles. The van der Waals surface area contributed by atoms with Crippen LogP contribution in [0.1, 0.15) is 32.6 Å². The van der Waals surface area contributed by atoms with Crippen molar-refractivity contribution in [2.45, 2.75) is 5.41 Å². The summed E-state index contributed by atoms with van der Waals surface area (Å²) in [4.78, 5) is 12.0. The Morgan fingerprint density at radius 3 is 1.59 bits per heavy atom. The molecule has 0 saturated carbocycles. The number of nitrogen functional groups attached to an aromatic ring is 2. The van der Waals surface area contributed by atoms with Gasteiger partial charge < -0.3 is 26.0 Å². The molecular weight excluding hydrogens is 548 g/mol. The van der Waals surface area contributed by atoms with Crippen LogP contribution in [0.3, 0.4) is 0 Å². The minimum absolute atomic E-state index is 0.232. The van der Waals surface area contributed by atoms with Crippen molar-refractivity contribution in [2.24, 2.45) is 0 Å². The zero-order chi connectivity index (χ0) is 30.3. The molecule has 6 aromatic rings. The van der Waals surface area contributed by atoms with E-state index < -0.39 is 11.4 Å². The van der Waals surface area contributed by atoms with Crippen LogP contribution in [0.15, 0.2) is 140 Å². The number of hydrogen-bond donors (Lipinski definition) is 3. The van der Waals surface area contributed by atoms with Crippen LogP contribution in [0.5, 0.6) is 23.0 Å². The van der Waals surface area contributed by atoms with Crippen LogP contribution < -0.4 is 20.9 Å². The van der Waals surface area contributed by atoms with Crippen molar-refractivity contribution in [1.29, 1.82) is 0 Å². The SMILES string of the molecule is Nc1ccc(Oc2cccc(C3(c4cccc(Oc5ccc(N)cc5)c4)c4ccccc4-c4cc(C(=O)O)ccc43)c2)cc1. The highest BCUT2D eigenvalue weighted by atomic mass is 16.5. The first kappa shape index (κ1) is 26.9. The summed E-state index contributed by atoms with van der Waals surface area (Å²) in [5, 5.41) is 9.87. The summed E-state index contributed by atoms with van der Waals surface area (Å²) in [6.07, 6.45) is 0. The number of anilines is 2. The first-order valence-corrected chi connectivity index (χ1v) is 14.2. The normalized spacial score (nSPS) is 12.6. The van der Waals surface area contributed by atoms with Crippen molar-refractivity contribution >= 4 is 17.3 Å². The first-order valence-electron chi connectivity index (χ1n) is 14.2. The summed E-state index contributed by atoms with van der Waals surface area (Å²) < 4.78 is 12.6. The molecule has 0 saturated heterocycles. The maximum atomic E-state index is 12.0. The van der Waals surface area contributed by atoms with Crippen molar-refractivity contribution in [2.75, 3.05) is 11.5 Å². The average molecular weight is 577 g/mol. The molecule has 6 heteroatoms. The van der Waals surface area contributed by atoms with Gasteiger partial charge in [0, 0.05) is 11.4 Å². The number of ether oxygens (including phenoxy) is 2. The fourth-order valence-corrected chi connectivity index (χ4v) is 6.14. The van der Waals surface area contributed by atoms with E-state index in [1.807, 2.05) is 84.9 Å². The summed E-state index contributed by atoms with van der Waals surface area (Å²) in [5.41, 5.74) is 18.3. The number of carbonyl (C=O) groups is 1. The second-order valence-corrected chi connectivity index (χ2v) is 10.8. The van der Waals surface area contributed by atoms with Gasteiger partial charge in [-0.2, -0.15) is 0 Å². The van der Waals surface area contributed by atoms with Crippen molar-refractivity contribution in [3.05, 3.63) is 167 Å². The molecule has 0 spiro atoms. The fraction of sp³-hybridized carbons (Fsp3) is 0.0263. The lowest BCUT2D eigenvalue weighted by Crippen LogP contribution is -2.28. The van der Waals surface area contributed by atoms with Crippen LogP contribution in [-0.4, -0.2) is 11.1 Å². The van der Waals surface area contributed by atoms with Gasteiger partial charge in [-0.3, -0.25) is 0 Å². The Balaban J connectivity index is 1.45. The number of carboxylic acid groups (broad SMARTS) is 1. The third kappa shape index (κ3) is 4.59. The van der Waals surface area contributed by atoms with Crippen molar-refractivity contribution < 1.29 is 19.4 Å². The zero-order valence-electron chi connectivity index (χ0n) is 23.6. The second-order valence-electron chi connectivity index (χ2n) is 10.8. The summed E-state index contributed by atoms with van der Waals surface area (Å²) in [6, 6.07) is 44.1. The minimum atomic E-state index is -0.972. The largest absolute Gasteiger partial charge is 0.478 e. The molecule has 0 radical (unpaired) electrons. The molecule has 7 rings (SSSR count). The number of carboxylic acids is 1. The van der Waals surface area contributed by atoms with Gasteiger partial charge in [0.2, 0.25) is 0 Å². The zero-order valence-corrected chi connectivity index (χ0v) is 23.6. The van der Waals surface area contributed by atoms with E-state index in [0.717, 1.165) is 33.4 Å². The van der Waals surface area contributed by atoms with E-state index >= 15 is 0 Å². The quantitative estimate of drug-likeness (QED) is 0.164. The molecule has 6 nitrogen and oxygen atoms in total. The molecule has 0 unspecified atom stereocenters. The maximum absolute atomic E-state index is 12.0. The lowest BCUT2D eigenvalue weighted by Gasteiger charge is -2.34. The van der Waals surface area contributed by atoms with E-state index in [2.05, 4.69) is 18.2 Å². The molecule has 44 heavy (non-hydrogen) atoms. The molecule has 1 aliphatic rings. The molecule has 0 fully saturated rings. The Morgan fingerprint density at radius 1 is 0.523 bits per heavy atom. The van der Waals surface area contributed by atoms with Gasteiger partial charge in [-0.1, -0.05) is 54.6 Å². The van der Waals surface area contributed by atoms with Crippen LogP contribution in [0.25, 0.3) is 11.1 Å². The Morgan fingerprint density at radius 2 is 1.05 bits per heavy atom. The predicted octanol–water partition coefficient (Wildman–Crippen LogP) is 8.50. The molecule has 1 aliphatic carbocycles. The highest BCUT2D eigenvalue weighted by molar-refractivity contribution is 5.93. The summed E-state index contributed by atoms with van der Waals surface area (Å²) in [7, 11) is 0. The van der Waals surface area contributed by atoms with Crippen LogP contribution in [-0.2, 0) is 5.41 Å². The standard InChI is InChI=1S/C38H28N2O4/c39-27-12-16-29(17-13-27)43-31-7-3-5-25(22-31)38(26-6-4-8-32(23-26)44-30-18-14-28(40)15-19-30)35-10-2-1-9-33(35)34-21-24(37(41)42)11-20-36(34)38/h1-23H,39-40H2,(H,41,42). The summed E-state index contributed by atoms with van der Waals surface area (Å²) in [6.45, 7) is 0. The van der Waals surface area contributed by atoms with Crippen LogP contribution in [0, 0.1) is 0 Å². The summed E-state index contributed by atoms with van der Waals surface area (Å²) in [5.74, 6) is 1.69. The van der Waals surface area contributed by atoms with E-state index in [4.69, 9.17) is 20.9 Å². The van der Waals surface area contributed by atoms with E-state index in [0.29, 0.717) is 34.4 Å². The van der Waals surface area contributed by atoms with Gasteiger partial charge in [-0.05, 0) is 118 Å². The van der Waals surface area contributed by atoms with Gasteiger partial charge >= 0.3 is 5.97 Å². The molecule has 0 atom stereocenters. The van der Waals surface area contributed by atoms with Crippen molar-refractivity contribution in [3.8, 4) is 34.1 Å². The number of hydrogen-bond acceptors (Lipinski definition) is 5. The number of aromatic carboxylic acids is 1. The minimum Gasteiger partial charge on any atom is -0.478 e. The van der Waals surface area contributed by atoms with Gasteiger partial charge in [0.25, 0.3) is 0 Å². The monoisotopic (exact) mass is 576 g/mol. The van der Waals surface area contributed by atoms with Gasteiger partial charge in [0.1, 0.15) is 23.0 Å². The van der Waals surface area contributed by atoms with Crippen LogP contribution >= 0.6 is 0 Å². The fourth-order valence-electron chi connectivity index (χ4n) is 6.14. The van der Waals surface area contributed by atoms with E-state index in [1.54, 1.807) is 36.4 Å². The molecule has 5 N–H and O–H groups in total. The smallest absolute Gasteiger partial charge is 0.335 e. The van der Waals surface area contributed by atoms with Gasteiger partial charge in [0.05, 0.1) is 11.0 Å². The first-order chi connectivity index (χ1) is 21.4. The maximum Gasteiger partial charge on any atom is 0.335 e. The number of fused-ring (bicyclic) bond motifs is 3. The molecule has 0 amide bonds. The Kier molecular flexibility index (Phi) is 6.52. The molecule has 0 aliphatic heterocycles. The topological polar surface area (TPSA) is 108 Å². The second kappa shape index (κ2) is 10.7. The van der Waals surface area contributed by atoms with E-state index in [-0.39, 0.29) is 5.56 Å². The number of nitrogens with two attached hydrogens (primary N) is 2. The van der Waals surface area contributed by atoms with Gasteiger partial charge in [-0.25, -0.2) is 4.79 Å². The highest BCUT2D eigenvalue weighted by Gasteiger charge is 2.46. The molecule has 6 aromatic carbocycles. The van der Waals surface area contributed by atoms with Gasteiger partial charge in [-0.15, -0.1) is 0 Å². The number of rotatable bonds is 7. The predicted molar refractivity (Wildman–Crippen MR) is 173 cm³/mol. The highest BCUT2D eigenvalue weighted by Crippen LogP contribution is 2.57. The lowest BCUT2D eigenvalue weighted by atomic mass is 9.67. The number of benzene rings is 6. The summed E-state index contributed by atoms with van der Waals surface area (Å²) >= 11 is 0. The third-order valence-electron chi connectivity index (χ3n) is 8.06. The van der Waals surface area contributed by atoms with E-state index in [9.17, 15) is 9.90 Å². The molecular formula is C38H28N2O4. The Labute approximate surface area is 254 Å². The average Bonchev–Trinajstić information content (AvgIpc) is 3.34. The van der Waals surface area contributed by atoms with Gasteiger partial charge in [0.15, 0.2) is 0 Å². The van der Waals surface area contributed by atoms with Crippen LogP contribution in [0.4, 0.5) is 11.4 Å². The van der Waals surface area contributed by atoms with Crippen molar-refractivity contribution in [3.63, 3.8) is 0 Å². The third-order valence-corrected chi connectivity index (χ3v) is 8.06. The molecule has 0 aromatic heterocycles. The Hall–Kier alpha value is -6.01. The van der Waals surface area contributed by atoms with Crippen LogP contribution in [0.2, 0.25) is 0 Å².